The molecule has 236 valence electrons. The number of nitrogens with one attached hydrogen (secondary N) is 2. The summed E-state index contributed by atoms with van der Waals surface area (Å²) in [5.41, 5.74) is 0.799. The van der Waals surface area contributed by atoms with Gasteiger partial charge in [-0.15, -0.1) is 0 Å². The highest BCUT2D eigenvalue weighted by Crippen LogP contribution is 2.34. The average Bonchev–Trinajstić information content (AvgIpc) is 3.30. The summed E-state index contributed by atoms with van der Waals surface area (Å²) in [5.74, 6) is -2.48. The fourth-order valence-corrected chi connectivity index (χ4v) is 5.92. The first kappa shape index (κ1) is 31.5. The lowest BCUT2D eigenvalue weighted by Crippen LogP contribution is -2.33. The number of ether oxygens (including phenoxy) is 2. The lowest BCUT2D eigenvalue weighted by molar-refractivity contribution is -0.137. The summed E-state index contributed by atoms with van der Waals surface area (Å²) in [4.78, 5) is 44.8. The molecule has 1 aromatic carbocycles. The third-order valence-corrected chi connectivity index (χ3v) is 8.41. The summed E-state index contributed by atoms with van der Waals surface area (Å²) < 4.78 is 66.1. The van der Waals surface area contributed by atoms with Crippen LogP contribution in [-0.2, 0) is 30.0 Å². The van der Waals surface area contributed by atoms with Crippen molar-refractivity contribution >= 4 is 39.2 Å². The van der Waals surface area contributed by atoms with Crippen LogP contribution in [0.4, 0.5) is 20.4 Å². The maximum atomic E-state index is 14.8. The van der Waals surface area contributed by atoms with E-state index in [1.807, 2.05) is 0 Å². The molecule has 0 unspecified atom stereocenters. The summed E-state index contributed by atoms with van der Waals surface area (Å²) >= 11 is 0. The van der Waals surface area contributed by atoms with Crippen LogP contribution in [0.3, 0.4) is 0 Å². The van der Waals surface area contributed by atoms with E-state index in [1.165, 1.54) is 36.4 Å². The monoisotopic (exact) mass is 641 g/mol. The number of hydrogen-bond donors (Lipinski definition) is 2. The Labute approximate surface area is 257 Å². The average molecular weight is 642 g/mol. The van der Waals surface area contributed by atoms with E-state index in [9.17, 15) is 31.6 Å². The van der Waals surface area contributed by atoms with E-state index in [2.05, 4.69) is 20.6 Å². The number of rotatable bonds is 9. The van der Waals surface area contributed by atoms with Gasteiger partial charge in [0.15, 0.2) is 9.84 Å². The molecule has 0 saturated heterocycles. The third kappa shape index (κ3) is 8.38. The van der Waals surface area contributed by atoms with Crippen LogP contribution in [0.5, 0.6) is 11.6 Å². The van der Waals surface area contributed by atoms with Crippen molar-refractivity contribution in [2.24, 2.45) is 0 Å². The molecule has 12 nitrogen and oxygen atoms in total. The van der Waals surface area contributed by atoms with E-state index in [0.717, 1.165) is 23.2 Å². The Morgan fingerprint density at radius 2 is 1.78 bits per heavy atom. The number of pyridine rings is 2. The number of hydrogen-bond acceptors (Lipinski definition) is 10. The maximum absolute atomic E-state index is 14.8. The number of amides is 3. The number of aromatic nitrogens is 2. The van der Waals surface area contributed by atoms with Crippen LogP contribution in [0, 0.1) is 11.6 Å². The van der Waals surface area contributed by atoms with Crippen molar-refractivity contribution < 1.29 is 41.1 Å². The Morgan fingerprint density at radius 1 is 1.00 bits per heavy atom. The molecule has 0 spiro atoms. The zero-order valence-electron chi connectivity index (χ0n) is 23.9. The summed E-state index contributed by atoms with van der Waals surface area (Å²) in [6.45, 7) is 0.242. The van der Waals surface area contributed by atoms with Crippen molar-refractivity contribution in [1.29, 1.82) is 0 Å². The standard InChI is InChI=1S/C30H29F2N5O7S/c31-20-4-5-21-22-16-25(34-17-23(22)32)35-26-13-19(14-28(36-26)44-11-2-10-43-24(21)15-20)18-45(41,42)12-8-33-27(38)3-1-9-37-29(39)6-7-30(37)40/h4-7,13-17H,1-3,8-12,18H2,(H,33,38)(H,34,35,36). The van der Waals surface area contributed by atoms with Gasteiger partial charge in [-0.3, -0.25) is 19.3 Å². The molecule has 5 rings (SSSR count). The zero-order valence-corrected chi connectivity index (χ0v) is 24.7. The molecule has 4 heterocycles. The number of carbonyl (C=O) groups excluding carboxylic acids is 3. The first-order chi connectivity index (χ1) is 21.6. The van der Waals surface area contributed by atoms with Gasteiger partial charge in [-0.1, -0.05) is 0 Å². The van der Waals surface area contributed by atoms with Crippen LogP contribution in [-0.4, -0.2) is 73.1 Å². The van der Waals surface area contributed by atoms with Gasteiger partial charge in [0.1, 0.15) is 29.0 Å². The van der Waals surface area contributed by atoms with E-state index < -0.39 is 39.2 Å². The first-order valence-corrected chi connectivity index (χ1v) is 15.9. The quantitative estimate of drug-likeness (QED) is 0.333. The van der Waals surface area contributed by atoms with Gasteiger partial charge in [0.25, 0.3) is 11.8 Å². The van der Waals surface area contributed by atoms with E-state index in [-0.39, 0.29) is 79.5 Å². The topological polar surface area (TPSA) is 157 Å². The predicted molar refractivity (Wildman–Crippen MR) is 158 cm³/mol. The van der Waals surface area contributed by atoms with Gasteiger partial charge in [0.2, 0.25) is 11.8 Å². The molecule has 0 fully saturated rings. The summed E-state index contributed by atoms with van der Waals surface area (Å²) in [5, 5.41) is 5.50. The van der Waals surface area contributed by atoms with Crippen molar-refractivity contribution in [1.82, 2.24) is 20.2 Å². The Kier molecular flexibility index (Phi) is 9.66. The number of nitrogens with zero attached hydrogens (tertiary/aromatic N) is 3. The Morgan fingerprint density at radius 3 is 2.58 bits per heavy atom. The highest BCUT2D eigenvalue weighted by molar-refractivity contribution is 7.90. The number of anilines is 2. The normalized spacial score (nSPS) is 14.6. The molecular weight excluding hydrogens is 612 g/mol. The minimum absolute atomic E-state index is 0.0177. The lowest BCUT2D eigenvalue weighted by Gasteiger charge is -2.16. The van der Waals surface area contributed by atoms with E-state index >= 15 is 0 Å². The van der Waals surface area contributed by atoms with Crippen LogP contribution in [0.1, 0.15) is 24.8 Å². The number of benzene rings is 1. The maximum Gasteiger partial charge on any atom is 0.253 e. The SMILES string of the molecule is O=C(CCCN1C(=O)C=CC1=O)NCCS(=O)(=O)Cc1cc2nc(c1)OCCCOc1cc(F)ccc1-c1cc(ncc1F)N2. The molecule has 2 aliphatic heterocycles. The van der Waals surface area contributed by atoms with Crippen molar-refractivity contribution in [2.75, 3.05) is 37.4 Å². The highest BCUT2D eigenvalue weighted by Gasteiger charge is 2.23. The van der Waals surface area contributed by atoms with Gasteiger partial charge in [-0.2, -0.15) is 4.98 Å². The number of sulfone groups is 1. The molecule has 0 radical (unpaired) electrons. The fourth-order valence-electron chi connectivity index (χ4n) is 4.69. The highest BCUT2D eigenvalue weighted by atomic mass is 32.2. The van der Waals surface area contributed by atoms with Crippen LogP contribution >= 0.6 is 0 Å². The first-order valence-electron chi connectivity index (χ1n) is 14.1. The minimum Gasteiger partial charge on any atom is -0.493 e. The molecule has 15 heteroatoms. The summed E-state index contributed by atoms with van der Waals surface area (Å²) in [6, 6.07) is 8.19. The molecule has 2 aromatic heterocycles. The number of fused-ring (bicyclic) bond motifs is 6. The molecular formula is C30H29F2N5O7S. The van der Waals surface area contributed by atoms with E-state index in [0.29, 0.717) is 17.5 Å². The van der Waals surface area contributed by atoms with E-state index in [4.69, 9.17) is 9.47 Å². The van der Waals surface area contributed by atoms with Crippen LogP contribution in [0.2, 0.25) is 0 Å². The predicted octanol–water partition coefficient (Wildman–Crippen LogP) is 3.06. The molecule has 2 N–H and O–H groups in total. The van der Waals surface area contributed by atoms with Crippen molar-refractivity contribution in [3.8, 4) is 22.8 Å². The second-order valence-corrected chi connectivity index (χ2v) is 12.5. The van der Waals surface area contributed by atoms with Gasteiger partial charge in [0.05, 0.1) is 30.9 Å². The molecule has 4 bridgehead atoms. The molecule has 0 atom stereocenters. The van der Waals surface area contributed by atoms with Crippen LogP contribution in [0.15, 0.2) is 54.7 Å². The van der Waals surface area contributed by atoms with Gasteiger partial charge in [-0.05, 0) is 36.2 Å². The fraction of sp³-hybridized carbons (Fsp3) is 0.300. The Hall–Kier alpha value is -4.92. The molecule has 3 amide bonds. The summed E-state index contributed by atoms with van der Waals surface area (Å²) in [7, 11) is -3.70. The zero-order chi connectivity index (χ0) is 32.0. The smallest absolute Gasteiger partial charge is 0.253 e. The van der Waals surface area contributed by atoms with Crippen molar-refractivity contribution in [2.45, 2.75) is 25.0 Å². The van der Waals surface area contributed by atoms with Crippen molar-refractivity contribution in [3.63, 3.8) is 0 Å². The number of halogens is 2. The molecule has 2 aliphatic rings. The Bertz CT molecular complexity index is 1750. The van der Waals surface area contributed by atoms with Crippen molar-refractivity contribution in [3.05, 3.63) is 71.9 Å². The number of imide groups is 1. The van der Waals surface area contributed by atoms with Gasteiger partial charge >= 0.3 is 0 Å². The molecule has 0 aliphatic carbocycles. The van der Waals surface area contributed by atoms with Gasteiger partial charge in [0, 0.05) is 61.3 Å². The van der Waals surface area contributed by atoms with Crippen LogP contribution < -0.4 is 20.1 Å². The second kappa shape index (κ2) is 13.8. The largest absolute Gasteiger partial charge is 0.493 e. The minimum atomic E-state index is -3.70. The molecule has 45 heavy (non-hydrogen) atoms. The van der Waals surface area contributed by atoms with Crippen LogP contribution in [0.25, 0.3) is 11.1 Å². The second-order valence-electron chi connectivity index (χ2n) is 10.3. The lowest BCUT2D eigenvalue weighted by atomic mass is 10.0. The molecule has 3 aromatic rings. The number of carbonyl (C=O) groups is 3. The Balaban J connectivity index is 1.24. The van der Waals surface area contributed by atoms with E-state index in [1.54, 1.807) is 0 Å². The third-order valence-electron chi connectivity index (χ3n) is 6.81. The van der Waals surface area contributed by atoms with Gasteiger partial charge < -0.3 is 20.1 Å². The molecule has 0 saturated carbocycles. The summed E-state index contributed by atoms with van der Waals surface area (Å²) in [6.07, 6.45) is 3.96. The van der Waals surface area contributed by atoms with Gasteiger partial charge in [-0.25, -0.2) is 22.2 Å².